The van der Waals surface area contributed by atoms with Crippen LogP contribution >= 0.6 is 11.3 Å². The van der Waals surface area contributed by atoms with Crippen LogP contribution in [-0.2, 0) is 11.3 Å². The molecule has 1 aromatic carbocycles. The molecule has 2 saturated heterocycles. The summed E-state index contributed by atoms with van der Waals surface area (Å²) in [7, 11) is 0. The van der Waals surface area contributed by atoms with E-state index in [4.69, 9.17) is 14.7 Å². The van der Waals surface area contributed by atoms with E-state index in [0.717, 1.165) is 73.5 Å². The molecule has 0 radical (unpaired) electrons. The molecule has 0 unspecified atom stereocenters. The Morgan fingerprint density at radius 3 is 2.67 bits per heavy atom. The minimum absolute atomic E-state index is 0.762. The SMILES string of the molecule is Cc1sc2nc(CN3CCOCC3)nc(Nc3cccc(N4CCCC4)c3)c2c1C. The fourth-order valence-electron chi connectivity index (χ4n) is 4.31. The molecule has 0 atom stereocenters. The topological polar surface area (TPSA) is 53.5 Å². The Bertz CT molecular complexity index is 1040. The van der Waals surface area contributed by atoms with Crippen molar-refractivity contribution in [2.45, 2.75) is 33.2 Å². The molecule has 0 amide bonds. The lowest BCUT2D eigenvalue weighted by Gasteiger charge is -2.25. The molecule has 3 aromatic rings. The summed E-state index contributed by atoms with van der Waals surface area (Å²) in [6.07, 6.45) is 2.56. The standard InChI is InChI=1S/C23H29N5OS/c1-16-17(2)30-23-21(16)22(25-20(26-23)15-27-10-12-29-13-11-27)24-18-6-5-7-19(14-18)28-8-3-4-9-28/h5-7,14H,3-4,8-13,15H2,1-2H3,(H,24,25,26). The Hall–Kier alpha value is -2.22. The van der Waals surface area contributed by atoms with Crippen molar-refractivity contribution in [1.82, 2.24) is 14.9 Å². The third-order valence-electron chi connectivity index (χ3n) is 6.12. The predicted octanol–water partition coefficient (Wildman–Crippen LogP) is 4.48. The van der Waals surface area contributed by atoms with Crippen LogP contribution in [0.3, 0.4) is 0 Å². The van der Waals surface area contributed by atoms with Gasteiger partial charge in [-0.15, -0.1) is 11.3 Å². The van der Waals surface area contributed by atoms with Gasteiger partial charge in [-0.3, -0.25) is 4.90 Å². The number of ether oxygens (including phenoxy) is 1. The van der Waals surface area contributed by atoms with E-state index in [-0.39, 0.29) is 0 Å². The van der Waals surface area contributed by atoms with E-state index in [0.29, 0.717) is 0 Å². The summed E-state index contributed by atoms with van der Waals surface area (Å²) >= 11 is 1.76. The molecule has 2 fully saturated rings. The van der Waals surface area contributed by atoms with Crippen LogP contribution in [0, 0.1) is 13.8 Å². The van der Waals surface area contributed by atoms with Gasteiger partial charge in [0.15, 0.2) is 0 Å². The molecular weight excluding hydrogens is 394 g/mol. The smallest absolute Gasteiger partial charge is 0.146 e. The number of benzene rings is 1. The maximum Gasteiger partial charge on any atom is 0.146 e. The molecule has 1 N–H and O–H groups in total. The summed E-state index contributed by atoms with van der Waals surface area (Å²) in [5.41, 5.74) is 3.64. The zero-order valence-corrected chi connectivity index (χ0v) is 18.6. The molecule has 2 aliphatic heterocycles. The third kappa shape index (κ3) is 4.02. The highest BCUT2D eigenvalue weighted by molar-refractivity contribution is 7.18. The summed E-state index contributed by atoms with van der Waals surface area (Å²) in [6, 6.07) is 8.71. The van der Waals surface area contributed by atoms with Crippen LogP contribution in [0.1, 0.15) is 29.1 Å². The first-order valence-corrected chi connectivity index (χ1v) is 11.7. The van der Waals surface area contributed by atoms with Crippen molar-refractivity contribution in [1.29, 1.82) is 0 Å². The van der Waals surface area contributed by atoms with Gasteiger partial charge in [-0.2, -0.15) is 0 Å². The van der Waals surface area contributed by atoms with Crippen LogP contribution in [-0.4, -0.2) is 54.3 Å². The van der Waals surface area contributed by atoms with Crippen LogP contribution in [0.25, 0.3) is 10.2 Å². The van der Waals surface area contributed by atoms with E-state index in [1.807, 2.05) is 0 Å². The first-order valence-electron chi connectivity index (χ1n) is 10.9. The fourth-order valence-corrected chi connectivity index (χ4v) is 5.35. The van der Waals surface area contributed by atoms with Crippen LogP contribution in [0.2, 0.25) is 0 Å². The number of nitrogens with zero attached hydrogens (tertiary/aromatic N) is 4. The van der Waals surface area contributed by atoms with Crippen LogP contribution in [0.5, 0.6) is 0 Å². The molecular formula is C23H29N5OS. The second kappa shape index (κ2) is 8.49. The van der Waals surface area contributed by atoms with Gasteiger partial charge >= 0.3 is 0 Å². The number of aromatic nitrogens is 2. The number of hydrogen-bond acceptors (Lipinski definition) is 7. The molecule has 2 aromatic heterocycles. The Kier molecular flexibility index (Phi) is 5.58. The summed E-state index contributed by atoms with van der Waals surface area (Å²) in [5, 5.41) is 4.78. The Morgan fingerprint density at radius 2 is 1.87 bits per heavy atom. The lowest BCUT2D eigenvalue weighted by atomic mass is 10.2. The molecule has 30 heavy (non-hydrogen) atoms. The third-order valence-corrected chi connectivity index (χ3v) is 7.22. The van der Waals surface area contributed by atoms with Gasteiger partial charge in [0.2, 0.25) is 0 Å². The normalized spacial score (nSPS) is 17.7. The van der Waals surface area contributed by atoms with Gasteiger partial charge < -0.3 is 15.0 Å². The number of aryl methyl sites for hydroxylation is 2. The first kappa shape index (κ1) is 19.7. The summed E-state index contributed by atoms with van der Waals surface area (Å²) in [5.74, 6) is 1.80. The lowest BCUT2D eigenvalue weighted by molar-refractivity contribution is 0.0331. The first-order chi connectivity index (χ1) is 14.7. The second-order valence-corrected chi connectivity index (χ2v) is 9.41. The van der Waals surface area contributed by atoms with Crippen molar-refractivity contribution in [3.8, 4) is 0 Å². The fraction of sp³-hybridized carbons (Fsp3) is 0.478. The van der Waals surface area contributed by atoms with Crippen LogP contribution in [0.4, 0.5) is 17.2 Å². The second-order valence-electron chi connectivity index (χ2n) is 8.21. The van der Waals surface area contributed by atoms with Gasteiger partial charge in [0.05, 0.1) is 25.1 Å². The number of nitrogens with one attached hydrogen (secondary N) is 1. The van der Waals surface area contributed by atoms with E-state index >= 15 is 0 Å². The van der Waals surface area contributed by atoms with Gasteiger partial charge in [-0.25, -0.2) is 9.97 Å². The van der Waals surface area contributed by atoms with Gasteiger partial charge in [0.25, 0.3) is 0 Å². The minimum atomic E-state index is 0.762. The number of rotatable bonds is 5. The van der Waals surface area contributed by atoms with Crippen molar-refractivity contribution in [3.63, 3.8) is 0 Å². The van der Waals surface area contributed by atoms with Gasteiger partial charge in [0.1, 0.15) is 16.5 Å². The maximum atomic E-state index is 5.49. The number of morpholine rings is 1. The van der Waals surface area contributed by atoms with Gasteiger partial charge in [0, 0.05) is 42.4 Å². The number of thiophene rings is 1. The minimum Gasteiger partial charge on any atom is -0.379 e. The molecule has 6 nitrogen and oxygen atoms in total. The van der Waals surface area contributed by atoms with Gasteiger partial charge in [-0.05, 0) is 50.5 Å². The van der Waals surface area contributed by atoms with Crippen molar-refractivity contribution >= 4 is 38.7 Å². The van der Waals surface area contributed by atoms with Crippen molar-refractivity contribution in [2.75, 3.05) is 49.6 Å². The monoisotopic (exact) mass is 423 g/mol. The molecule has 0 saturated carbocycles. The highest BCUT2D eigenvalue weighted by Crippen LogP contribution is 2.35. The van der Waals surface area contributed by atoms with Gasteiger partial charge in [-0.1, -0.05) is 6.07 Å². The summed E-state index contributed by atoms with van der Waals surface area (Å²) in [6.45, 7) is 10.8. The molecule has 0 bridgehead atoms. The molecule has 158 valence electrons. The molecule has 5 rings (SSSR count). The van der Waals surface area contributed by atoms with E-state index in [1.54, 1.807) is 11.3 Å². The molecule has 2 aliphatic rings. The van der Waals surface area contributed by atoms with E-state index < -0.39 is 0 Å². The van der Waals surface area contributed by atoms with Crippen molar-refractivity contribution in [3.05, 3.63) is 40.5 Å². The summed E-state index contributed by atoms with van der Waals surface area (Å²) in [4.78, 5) is 17.1. The molecule has 0 spiro atoms. The maximum absolute atomic E-state index is 5.49. The van der Waals surface area contributed by atoms with E-state index in [1.165, 1.54) is 29.0 Å². The Balaban J connectivity index is 1.48. The van der Waals surface area contributed by atoms with Crippen LogP contribution < -0.4 is 10.2 Å². The molecule has 4 heterocycles. The van der Waals surface area contributed by atoms with Crippen molar-refractivity contribution < 1.29 is 4.74 Å². The highest BCUT2D eigenvalue weighted by atomic mass is 32.1. The number of hydrogen-bond donors (Lipinski definition) is 1. The van der Waals surface area contributed by atoms with Crippen LogP contribution in [0.15, 0.2) is 24.3 Å². The van der Waals surface area contributed by atoms with E-state index in [9.17, 15) is 0 Å². The summed E-state index contributed by atoms with van der Waals surface area (Å²) < 4.78 is 5.49. The lowest BCUT2D eigenvalue weighted by Crippen LogP contribution is -2.36. The number of anilines is 3. The largest absolute Gasteiger partial charge is 0.379 e. The average Bonchev–Trinajstić information content (AvgIpc) is 3.38. The van der Waals surface area contributed by atoms with E-state index in [2.05, 4.69) is 53.2 Å². The Labute approximate surface area is 181 Å². The molecule has 7 heteroatoms. The highest BCUT2D eigenvalue weighted by Gasteiger charge is 2.18. The Morgan fingerprint density at radius 1 is 1.07 bits per heavy atom. The molecule has 0 aliphatic carbocycles. The average molecular weight is 424 g/mol. The predicted molar refractivity (Wildman–Crippen MR) is 124 cm³/mol. The van der Waals surface area contributed by atoms with Crippen molar-refractivity contribution in [2.24, 2.45) is 0 Å². The zero-order chi connectivity index (χ0) is 20.5. The quantitative estimate of drug-likeness (QED) is 0.653. The zero-order valence-electron chi connectivity index (χ0n) is 17.8. The number of fused-ring (bicyclic) bond motifs is 1.